The van der Waals surface area contributed by atoms with Gasteiger partial charge in [-0.1, -0.05) is 44.2 Å². The zero-order valence-electron chi connectivity index (χ0n) is 24.3. The van der Waals surface area contributed by atoms with Crippen LogP contribution >= 0.6 is 11.3 Å². The number of nitrogens with zero attached hydrogens (tertiary/aromatic N) is 3. The number of oxazole rings is 1. The van der Waals surface area contributed by atoms with Gasteiger partial charge in [-0.25, -0.2) is 9.97 Å². The van der Waals surface area contributed by atoms with Crippen molar-refractivity contribution < 1.29 is 28.3 Å². The largest absolute Gasteiger partial charge is 0.446 e. The summed E-state index contributed by atoms with van der Waals surface area (Å²) in [6.45, 7) is 6.92. The Morgan fingerprint density at radius 1 is 1.12 bits per heavy atom. The third kappa shape index (κ3) is 7.39. The molecule has 1 aliphatic rings. The predicted molar refractivity (Wildman–Crippen MR) is 155 cm³/mol. The molecule has 4 bridgehead atoms. The minimum Gasteiger partial charge on any atom is -0.446 e. The first-order chi connectivity index (χ1) is 20.0. The van der Waals surface area contributed by atoms with Crippen LogP contribution in [0.3, 0.4) is 0 Å². The maximum atomic E-state index is 13.3. The standard InChI is InChI=1S/C29H36N6O6S/c1-17(2)23-27-33-21(16-42-27)25(38)31-19(13-18-9-7-6-8-10-18)26-32-20(15-41-26)24(37)30-11-12-35(14-22(36)34-23)28(39)29(3,4)40-5/h6-10,15-17,19,23H,11-14H2,1-5H3,(H,30,37)(H,31,38)(H,34,36)/t19-,23-/m0/s1. The van der Waals surface area contributed by atoms with Crippen LogP contribution in [0.1, 0.15) is 77.2 Å². The number of methoxy groups -OCH3 is 1. The fourth-order valence-electron chi connectivity index (χ4n) is 4.39. The molecule has 0 spiro atoms. The molecule has 2 aromatic heterocycles. The zero-order valence-corrected chi connectivity index (χ0v) is 25.1. The number of aromatic nitrogens is 2. The number of rotatable bonds is 5. The summed E-state index contributed by atoms with van der Waals surface area (Å²) in [7, 11) is 1.42. The Balaban J connectivity index is 1.69. The lowest BCUT2D eigenvalue weighted by molar-refractivity contribution is -0.153. The van der Waals surface area contributed by atoms with Crippen LogP contribution in [0.4, 0.5) is 0 Å². The van der Waals surface area contributed by atoms with Gasteiger partial charge in [0.05, 0.1) is 12.6 Å². The van der Waals surface area contributed by atoms with Gasteiger partial charge >= 0.3 is 0 Å². The van der Waals surface area contributed by atoms with E-state index >= 15 is 0 Å². The summed E-state index contributed by atoms with van der Waals surface area (Å²) in [5, 5.41) is 10.8. The highest BCUT2D eigenvalue weighted by Gasteiger charge is 2.34. The van der Waals surface area contributed by atoms with Crippen molar-refractivity contribution in [2.45, 2.75) is 51.8 Å². The molecule has 0 saturated heterocycles. The maximum absolute atomic E-state index is 13.3. The quantitative estimate of drug-likeness (QED) is 0.406. The number of amides is 4. The average molecular weight is 597 g/mol. The summed E-state index contributed by atoms with van der Waals surface area (Å²) in [5.74, 6) is -1.69. The highest BCUT2D eigenvalue weighted by atomic mass is 32.1. The molecule has 0 radical (unpaired) electrons. The van der Waals surface area contributed by atoms with Crippen LogP contribution in [0, 0.1) is 5.92 Å². The van der Waals surface area contributed by atoms with E-state index in [4.69, 9.17) is 9.15 Å². The van der Waals surface area contributed by atoms with E-state index < -0.39 is 41.3 Å². The molecule has 1 aliphatic heterocycles. The van der Waals surface area contributed by atoms with E-state index in [-0.39, 0.29) is 42.8 Å². The molecule has 13 heteroatoms. The topological polar surface area (TPSA) is 156 Å². The number of nitrogens with one attached hydrogen (secondary N) is 3. The lowest BCUT2D eigenvalue weighted by atomic mass is 10.0. The van der Waals surface area contributed by atoms with E-state index in [0.717, 1.165) is 5.56 Å². The van der Waals surface area contributed by atoms with Gasteiger partial charge in [0.15, 0.2) is 5.69 Å². The van der Waals surface area contributed by atoms with Gasteiger partial charge in [-0.05, 0) is 25.3 Å². The van der Waals surface area contributed by atoms with Gasteiger partial charge in [0, 0.05) is 32.0 Å². The van der Waals surface area contributed by atoms with E-state index in [2.05, 4.69) is 25.9 Å². The molecule has 2 atom stereocenters. The van der Waals surface area contributed by atoms with Crippen molar-refractivity contribution in [2.24, 2.45) is 5.92 Å². The Kier molecular flexibility index (Phi) is 9.74. The second kappa shape index (κ2) is 13.3. The Labute approximate surface area is 248 Å². The molecule has 224 valence electrons. The monoisotopic (exact) mass is 596 g/mol. The molecule has 4 rings (SSSR count). The minimum atomic E-state index is -1.19. The number of ether oxygens (including phenoxy) is 1. The molecule has 3 heterocycles. The molecule has 0 fully saturated rings. The van der Waals surface area contributed by atoms with Crippen LogP contribution in [0.2, 0.25) is 0 Å². The fourth-order valence-corrected chi connectivity index (χ4v) is 5.41. The van der Waals surface area contributed by atoms with Gasteiger partial charge in [0.2, 0.25) is 11.8 Å². The first-order valence-corrected chi connectivity index (χ1v) is 14.5. The van der Waals surface area contributed by atoms with Crippen LogP contribution in [0.15, 0.2) is 46.4 Å². The van der Waals surface area contributed by atoms with E-state index in [0.29, 0.717) is 11.4 Å². The van der Waals surface area contributed by atoms with Crippen molar-refractivity contribution in [2.75, 3.05) is 26.7 Å². The molecule has 12 nitrogen and oxygen atoms in total. The molecule has 1 aromatic carbocycles. The Bertz CT molecular complexity index is 1420. The zero-order chi connectivity index (χ0) is 30.4. The molecular formula is C29H36N6O6S. The summed E-state index contributed by atoms with van der Waals surface area (Å²) < 4.78 is 11.0. The number of hydrogen-bond acceptors (Lipinski definition) is 9. The number of hydrogen-bond donors (Lipinski definition) is 3. The third-order valence-corrected chi connectivity index (χ3v) is 7.89. The van der Waals surface area contributed by atoms with Gasteiger partial charge in [-0.15, -0.1) is 11.3 Å². The second-order valence-corrected chi connectivity index (χ2v) is 11.7. The highest BCUT2D eigenvalue weighted by Crippen LogP contribution is 2.26. The first kappa shape index (κ1) is 30.8. The van der Waals surface area contributed by atoms with Gasteiger partial charge in [0.1, 0.15) is 28.6 Å². The van der Waals surface area contributed by atoms with Gasteiger partial charge in [-0.3, -0.25) is 19.2 Å². The molecule has 0 saturated carbocycles. The van der Waals surface area contributed by atoms with Crippen LogP contribution < -0.4 is 16.0 Å². The molecule has 0 unspecified atom stereocenters. The lowest BCUT2D eigenvalue weighted by Crippen LogP contribution is -2.52. The van der Waals surface area contributed by atoms with Crippen molar-refractivity contribution in [1.29, 1.82) is 0 Å². The van der Waals surface area contributed by atoms with Gasteiger partial charge in [-0.2, -0.15) is 0 Å². The van der Waals surface area contributed by atoms with Crippen molar-refractivity contribution in [1.82, 2.24) is 30.8 Å². The average Bonchev–Trinajstić information content (AvgIpc) is 3.65. The Morgan fingerprint density at radius 3 is 2.55 bits per heavy atom. The summed E-state index contributed by atoms with van der Waals surface area (Å²) in [4.78, 5) is 63.0. The SMILES string of the molecule is COC(C)(C)C(=O)N1CCNC(=O)c2coc(n2)[C@H](Cc2ccccc2)NC(=O)c2csc(n2)[C@H](C(C)C)NC(=O)C1. The molecule has 3 aromatic rings. The van der Waals surface area contributed by atoms with Crippen LogP contribution in [-0.2, 0) is 20.7 Å². The fraction of sp³-hybridized carbons (Fsp3) is 0.448. The molecule has 4 amide bonds. The number of carbonyl (C=O) groups excluding carboxylic acids is 4. The molecular weight excluding hydrogens is 560 g/mol. The number of carbonyl (C=O) groups is 4. The number of thiazole rings is 1. The predicted octanol–water partition coefficient (Wildman–Crippen LogP) is 2.66. The van der Waals surface area contributed by atoms with Gasteiger partial charge in [0.25, 0.3) is 17.7 Å². The normalized spacial score (nSPS) is 19.0. The van der Waals surface area contributed by atoms with Crippen molar-refractivity contribution in [3.05, 3.63) is 69.8 Å². The smallest absolute Gasteiger partial charge is 0.273 e. The molecule has 42 heavy (non-hydrogen) atoms. The Hall–Kier alpha value is -4.10. The lowest BCUT2D eigenvalue weighted by Gasteiger charge is -2.31. The van der Waals surface area contributed by atoms with Crippen molar-refractivity contribution in [3.8, 4) is 0 Å². The summed E-state index contributed by atoms with van der Waals surface area (Å²) in [6.07, 6.45) is 1.59. The minimum absolute atomic E-state index is 0.0157. The van der Waals surface area contributed by atoms with E-state index in [1.54, 1.807) is 19.2 Å². The van der Waals surface area contributed by atoms with E-state index in [1.807, 2.05) is 44.2 Å². The van der Waals surface area contributed by atoms with Crippen molar-refractivity contribution in [3.63, 3.8) is 0 Å². The third-order valence-electron chi connectivity index (χ3n) is 6.96. The molecule has 0 aliphatic carbocycles. The van der Waals surface area contributed by atoms with Crippen LogP contribution in [-0.4, -0.2) is 70.8 Å². The summed E-state index contributed by atoms with van der Waals surface area (Å²) >= 11 is 1.26. The summed E-state index contributed by atoms with van der Waals surface area (Å²) in [5.41, 5.74) is -0.0656. The van der Waals surface area contributed by atoms with E-state index in [9.17, 15) is 19.2 Å². The maximum Gasteiger partial charge on any atom is 0.273 e. The number of fused-ring (bicyclic) bond motifs is 4. The number of benzene rings is 1. The first-order valence-electron chi connectivity index (χ1n) is 13.7. The molecule has 3 N–H and O–H groups in total. The van der Waals surface area contributed by atoms with Crippen LogP contribution in [0.5, 0.6) is 0 Å². The second-order valence-electron chi connectivity index (χ2n) is 10.8. The Morgan fingerprint density at radius 2 is 1.86 bits per heavy atom. The van der Waals surface area contributed by atoms with Crippen LogP contribution in [0.25, 0.3) is 0 Å². The highest BCUT2D eigenvalue weighted by molar-refractivity contribution is 7.09. The van der Waals surface area contributed by atoms with Gasteiger partial charge < -0.3 is 30.0 Å². The van der Waals surface area contributed by atoms with E-state index in [1.165, 1.54) is 29.6 Å². The summed E-state index contributed by atoms with van der Waals surface area (Å²) in [6, 6.07) is 8.33. The van der Waals surface area contributed by atoms with Crippen molar-refractivity contribution >= 4 is 35.0 Å².